The Morgan fingerprint density at radius 3 is 2.11 bits per heavy atom. The summed E-state index contributed by atoms with van der Waals surface area (Å²) in [6.45, 7) is 0. The van der Waals surface area contributed by atoms with Gasteiger partial charge in [0.25, 0.3) is 0 Å². The summed E-state index contributed by atoms with van der Waals surface area (Å²) < 4.78 is 5.80. The normalized spacial score (nSPS) is 16.7. The average molecular weight is 317 g/mol. The second-order valence-electron chi connectivity index (χ2n) is 5.08. The minimum absolute atomic E-state index is 0.493. The summed E-state index contributed by atoms with van der Waals surface area (Å²) in [5.41, 5.74) is 1.35. The van der Waals surface area contributed by atoms with Gasteiger partial charge in [-0.15, -0.1) is 0 Å². The Hall–Kier alpha value is -1.28. The number of hydrogen-bond donors (Lipinski definition) is 0. The highest BCUT2D eigenvalue weighted by molar-refractivity contribution is 9.09. The maximum Gasteiger partial charge on any atom is 0.127 e. The fraction of sp³-hybridized carbons (Fsp3) is 0.294. The fourth-order valence-electron chi connectivity index (χ4n) is 2.35. The van der Waals surface area contributed by atoms with Crippen LogP contribution in [0.3, 0.4) is 0 Å². The molecule has 0 saturated heterocycles. The molecule has 2 aromatic carbocycles. The van der Waals surface area contributed by atoms with Crippen LogP contribution in [0.1, 0.15) is 29.7 Å². The van der Waals surface area contributed by atoms with Gasteiger partial charge in [-0.3, -0.25) is 0 Å². The van der Waals surface area contributed by atoms with Crippen molar-refractivity contribution in [3.05, 3.63) is 60.2 Å². The molecule has 1 fully saturated rings. The van der Waals surface area contributed by atoms with Crippen molar-refractivity contribution in [3.8, 4) is 11.5 Å². The van der Waals surface area contributed by atoms with E-state index in [0.717, 1.165) is 17.4 Å². The summed E-state index contributed by atoms with van der Waals surface area (Å²) in [4.78, 5) is 0.493. The Labute approximate surface area is 122 Å². The minimum atomic E-state index is 0.493. The van der Waals surface area contributed by atoms with Crippen LogP contribution in [0.4, 0.5) is 0 Å². The molecular formula is C17H17BrO. The maximum atomic E-state index is 5.80. The summed E-state index contributed by atoms with van der Waals surface area (Å²) in [5, 5.41) is 0. The van der Waals surface area contributed by atoms with Crippen LogP contribution in [-0.4, -0.2) is 0 Å². The summed E-state index contributed by atoms with van der Waals surface area (Å²) in [5.74, 6) is 2.58. The highest BCUT2D eigenvalue weighted by atomic mass is 79.9. The van der Waals surface area contributed by atoms with Crippen molar-refractivity contribution >= 4 is 15.9 Å². The fourth-order valence-corrected chi connectivity index (χ4v) is 3.18. The van der Waals surface area contributed by atoms with E-state index >= 15 is 0 Å². The third-order valence-corrected chi connectivity index (χ3v) is 5.02. The first-order valence-corrected chi connectivity index (χ1v) is 7.71. The van der Waals surface area contributed by atoms with Gasteiger partial charge in [0.15, 0.2) is 0 Å². The molecule has 0 amide bonds. The van der Waals surface area contributed by atoms with Crippen LogP contribution in [-0.2, 0) is 0 Å². The SMILES string of the molecule is BrC(c1ccc(Oc2ccccc2)cc1)C1CCC1. The summed E-state index contributed by atoms with van der Waals surface area (Å²) in [6, 6.07) is 18.3. The minimum Gasteiger partial charge on any atom is -0.457 e. The molecule has 0 radical (unpaired) electrons. The Bertz CT molecular complexity index is 517. The van der Waals surface area contributed by atoms with Gasteiger partial charge >= 0.3 is 0 Å². The lowest BCUT2D eigenvalue weighted by atomic mass is 9.81. The molecule has 0 N–H and O–H groups in total. The highest BCUT2D eigenvalue weighted by Crippen LogP contribution is 2.43. The van der Waals surface area contributed by atoms with Crippen LogP contribution in [0, 0.1) is 5.92 Å². The van der Waals surface area contributed by atoms with Crippen molar-refractivity contribution in [2.45, 2.75) is 24.1 Å². The van der Waals surface area contributed by atoms with Crippen molar-refractivity contribution in [2.24, 2.45) is 5.92 Å². The van der Waals surface area contributed by atoms with E-state index in [9.17, 15) is 0 Å². The number of rotatable bonds is 4. The van der Waals surface area contributed by atoms with Crippen LogP contribution < -0.4 is 4.74 Å². The molecule has 0 heterocycles. The summed E-state index contributed by atoms with van der Waals surface area (Å²) in [7, 11) is 0. The largest absolute Gasteiger partial charge is 0.457 e. The highest BCUT2D eigenvalue weighted by Gasteiger charge is 2.26. The van der Waals surface area contributed by atoms with Gasteiger partial charge in [0, 0.05) is 4.83 Å². The molecule has 0 spiro atoms. The number of para-hydroxylation sites is 1. The summed E-state index contributed by atoms with van der Waals surface area (Å²) >= 11 is 3.81. The zero-order chi connectivity index (χ0) is 13.1. The molecule has 1 unspecified atom stereocenters. The molecule has 3 rings (SSSR count). The van der Waals surface area contributed by atoms with E-state index in [4.69, 9.17) is 4.74 Å². The molecule has 1 atom stereocenters. The molecule has 1 aliphatic rings. The number of hydrogen-bond acceptors (Lipinski definition) is 1. The quantitative estimate of drug-likeness (QED) is 0.656. The Kier molecular flexibility index (Phi) is 3.88. The number of halogens is 1. The standard InChI is InChI=1S/C17H17BrO/c18-17(13-5-4-6-13)14-9-11-16(12-10-14)19-15-7-2-1-3-8-15/h1-3,7-13,17H,4-6H2. The predicted octanol–water partition coefficient (Wildman–Crippen LogP) is 5.72. The van der Waals surface area contributed by atoms with Crippen LogP contribution in [0.5, 0.6) is 11.5 Å². The Balaban J connectivity index is 1.68. The van der Waals surface area contributed by atoms with Crippen molar-refractivity contribution in [1.29, 1.82) is 0 Å². The monoisotopic (exact) mass is 316 g/mol. The van der Waals surface area contributed by atoms with Crippen LogP contribution in [0.2, 0.25) is 0 Å². The van der Waals surface area contributed by atoms with Crippen molar-refractivity contribution in [2.75, 3.05) is 0 Å². The lowest BCUT2D eigenvalue weighted by Gasteiger charge is -2.30. The first-order chi connectivity index (χ1) is 9.33. The second kappa shape index (κ2) is 5.79. The molecule has 2 heteroatoms. The number of alkyl halides is 1. The molecule has 1 saturated carbocycles. The van der Waals surface area contributed by atoms with Crippen molar-refractivity contribution in [3.63, 3.8) is 0 Å². The van der Waals surface area contributed by atoms with Gasteiger partial charge < -0.3 is 4.74 Å². The molecular weight excluding hydrogens is 300 g/mol. The summed E-state index contributed by atoms with van der Waals surface area (Å²) in [6.07, 6.45) is 4.07. The van der Waals surface area contributed by atoms with Gasteiger partial charge in [0.05, 0.1) is 0 Å². The predicted molar refractivity (Wildman–Crippen MR) is 82.0 cm³/mol. The van der Waals surface area contributed by atoms with Gasteiger partial charge in [-0.2, -0.15) is 0 Å². The average Bonchev–Trinajstić information content (AvgIpc) is 2.39. The van der Waals surface area contributed by atoms with E-state index in [1.54, 1.807) is 0 Å². The Morgan fingerprint density at radius 2 is 1.53 bits per heavy atom. The van der Waals surface area contributed by atoms with Crippen LogP contribution >= 0.6 is 15.9 Å². The van der Waals surface area contributed by atoms with Gasteiger partial charge in [0.1, 0.15) is 11.5 Å². The zero-order valence-electron chi connectivity index (χ0n) is 10.8. The first kappa shape index (κ1) is 12.7. The van der Waals surface area contributed by atoms with E-state index in [1.807, 2.05) is 30.3 Å². The number of benzene rings is 2. The van der Waals surface area contributed by atoms with Crippen LogP contribution in [0.25, 0.3) is 0 Å². The topological polar surface area (TPSA) is 9.23 Å². The lowest BCUT2D eigenvalue weighted by Crippen LogP contribution is -2.16. The smallest absolute Gasteiger partial charge is 0.127 e. The second-order valence-corrected chi connectivity index (χ2v) is 6.06. The van der Waals surface area contributed by atoms with E-state index in [0.29, 0.717) is 4.83 Å². The van der Waals surface area contributed by atoms with Gasteiger partial charge in [-0.1, -0.05) is 52.7 Å². The molecule has 98 valence electrons. The van der Waals surface area contributed by atoms with E-state index in [1.165, 1.54) is 24.8 Å². The maximum absolute atomic E-state index is 5.80. The molecule has 0 aliphatic heterocycles. The first-order valence-electron chi connectivity index (χ1n) is 6.80. The molecule has 0 bridgehead atoms. The van der Waals surface area contributed by atoms with Crippen molar-refractivity contribution in [1.82, 2.24) is 0 Å². The molecule has 19 heavy (non-hydrogen) atoms. The Morgan fingerprint density at radius 1 is 0.895 bits per heavy atom. The molecule has 1 nitrogen and oxygen atoms in total. The van der Waals surface area contributed by atoms with E-state index in [2.05, 4.69) is 40.2 Å². The van der Waals surface area contributed by atoms with Gasteiger partial charge in [-0.05, 0) is 48.6 Å². The van der Waals surface area contributed by atoms with E-state index in [-0.39, 0.29) is 0 Å². The molecule has 0 aromatic heterocycles. The molecule has 1 aliphatic carbocycles. The third kappa shape index (κ3) is 3.01. The third-order valence-electron chi connectivity index (χ3n) is 3.74. The number of ether oxygens (including phenoxy) is 1. The van der Waals surface area contributed by atoms with Crippen LogP contribution in [0.15, 0.2) is 54.6 Å². The van der Waals surface area contributed by atoms with Gasteiger partial charge in [-0.25, -0.2) is 0 Å². The van der Waals surface area contributed by atoms with Crippen molar-refractivity contribution < 1.29 is 4.74 Å². The molecule has 2 aromatic rings. The van der Waals surface area contributed by atoms with E-state index < -0.39 is 0 Å². The lowest BCUT2D eigenvalue weighted by molar-refractivity contribution is 0.312. The zero-order valence-corrected chi connectivity index (χ0v) is 12.3. The van der Waals surface area contributed by atoms with Gasteiger partial charge in [0.2, 0.25) is 0 Å².